The molecule has 13 heavy (non-hydrogen) atoms. The van der Waals surface area contributed by atoms with Gasteiger partial charge < -0.3 is 14.3 Å². The first-order chi connectivity index (χ1) is 6.25. The molecule has 0 unspecified atom stereocenters. The molecule has 2 rings (SSSR count). The molecule has 0 aliphatic heterocycles. The summed E-state index contributed by atoms with van der Waals surface area (Å²) in [4.78, 5) is 5.27. The minimum absolute atomic E-state index is 0.953. The van der Waals surface area contributed by atoms with Crippen LogP contribution in [0, 0.1) is 0 Å². The molecule has 3 nitrogen and oxygen atoms in total. The van der Waals surface area contributed by atoms with Gasteiger partial charge in [-0.05, 0) is 20.2 Å². The summed E-state index contributed by atoms with van der Waals surface area (Å²) in [7, 11) is 4.13. The van der Waals surface area contributed by atoms with Crippen molar-refractivity contribution in [2.45, 2.75) is 6.42 Å². The first kappa shape index (κ1) is 8.38. The lowest BCUT2D eigenvalue weighted by Crippen LogP contribution is -2.14. The summed E-state index contributed by atoms with van der Waals surface area (Å²) in [6.07, 6.45) is 2.86. The molecule has 0 bridgehead atoms. The summed E-state index contributed by atoms with van der Waals surface area (Å²) in [5.74, 6) is 1.05. The molecule has 2 aromatic heterocycles. The van der Waals surface area contributed by atoms with Gasteiger partial charge in [-0.25, -0.2) is 0 Å². The zero-order valence-electron chi connectivity index (χ0n) is 8.00. The smallest absolute Gasteiger partial charge is 0.151 e. The molecule has 0 aliphatic carbocycles. The van der Waals surface area contributed by atoms with Crippen LogP contribution in [0.25, 0.3) is 11.1 Å². The van der Waals surface area contributed by atoms with Crippen LogP contribution in [0.4, 0.5) is 0 Å². The Morgan fingerprint density at radius 3 is 3.00 bits per heavy atom. The van der Waals surface area contributed by atoms with E-state index in [1.54, 1.807) is 0 Å². The Kier molecular flexibility index (Phi) is 2.10. The molecule has 0 aromatic carbocycles. The van der Waals surface area contributed by atoms with Crippen molar-refractivity contribution in [3.8, 4) is 0 Å². The second-order valence-electron chi connectivity index (χ2n) is 3.52. The average molecular weight is 178 g/mol. The SMILES string of the molecule is CN(C)CCc1cc2[nH]ccc2o1. The van der Waals surface area contributed by atoms with E-state index in [4.69, 9.17) is 4.42 Å². The number of aromatic amines is 1. The summed E-state index contributed by atoms with van der Waals surface area (Å²) >= 11 is 0. The van der Waals surface area contributed by atoms with Gasteiger partial charge in [0.05, 0.1) is 5.52 Å². The Morgan fingerprint density at radius 1 is 1.46 bits per heavy atom. The van der Waals surface area contributed by atoms with E-state index < -0.39 is 0 Å². The highest BCUT2D eigenvalue weighted by atomic mass is 16.3. The molecule has 0 spiro atoms. The van der Waals surface area contributed by atoms with Crippen LogP contribution in [0.3, 0.4) is 0 Å². The standard InChI is InChI=1S/C10H14N2O/c1-12(2)6-4-8-7-9-10(13-8)3-5-11-9/h3,5,7,11H,4,6H2,1-2H3. The molecular weight excluding hydrogens is 164 g/mol. The number of nitrogens with one attached hydrogen (secondary N) is 1. The van der Waals surface area contributed by atoms with Gasteiger partial charge >= 0.3 is 0 Å². The van der Waals surface area contributed by atoms with Crippen LogP contribution in [0.2, 0.25) is 0 Å². The van der Waals surface area contributed by atoms with Crippen LogP contribution in [0.15, 0.2) is 22.7 Å². The molecule has 3 heteroatoms. The van der Waals surface area contributed by atoms with Gasteiger partial charge in [-0.2, -0.15) is 0 Å². The number of likely N-dealkylation sites (N-methyl/N-ethyl adjacent to an activating group) is 1. The van der Waals surface area contributed by atoms with Crippen molar-refractivity contribution in [2.24, 2.45) is 0 Å². The van der Waals surface area contributed by atoms with Gasteiger partial charge in [0.2, 0.25) is 0 Å². The predicted octanol–water partition coefficient (Wildman–Crippen LogP) is 1.86. The Labute approximate surface area is 77.3 Å². The molecule has 0 fully saturated rings. The fourth-order valence-electron chi connectivity index (χ4n) is 1.36. The average Bonchev–Trinajstić information content (AvgIpc) is 2.58. The quantitative estimate of drug-likeness (QED) is 0.778. The van der Waals surface area contributed by atoms with E-state index in [2.05, 4.69) is 30.0 Å². The number of hydrogen-bond acceptors (Lipinski definition) is 2. The van der Waals surface area contributed by atoms with Crippen LogP contribution in [-0.4, -0.2) is 30.5 Å². The fourth-order valence-corrected chi connectivity index (χ4v) is 1.36. The lowest BCUT2D eigenvalue weighted by atomic mass is 10.3. The van der Waals surface area contributed by atoms with Crippen molar-refractivity contribution in [3.05, 3.63) is 24.1 Å². The van der Waals surface area contributed by atoms with E-state index in [-0.39, 0.29) is 0 Å². The Morgan fingerprint density at radius 2 is 2.31 bits per heavy atom. The molecular formula is C10H14N2O. The Bertz CT molecular complexity index is 358. The third-order valence-electron chi connectivity index (χ3n) is 2.09. The lowest BCUT2D eigenvalue weighted by Gasteiger charge is -2.06. The van der Waals surface area contributed by atoms with Gasteiger partial charge in [0.15, 0.2) is 5.58 Å². The van der Waals surface area contributed by atoms with Crippen molar-refractivity contribution in [3.63, 3.8) is 0 Å². The maximum Gasteiger partial charge on any atom is 0.151 e. The molecule has 0 amide bonds. The molecule has 2 heterocycles. The van der Waals surface area contributed by atoms with E-state index in [0.29, 0.717) is 0 Å². The van der Waals surface area contributed by atoms with Gasteiger partial charge in [0, 0.05) is 25.2 Å². The predicted molar refractivity (Wildman–Crippen MR) is 52.8 cm³/mol. The van der Waals surface area contributed by atoms with Gasteiger partial charge in [-0.3, -0.25) is 0 Å². The molecule has 70 valence electrons. The molecule has 0 saturated carbocycles. The number of furan rings is 1. The van der Waals surface area contributed by atoms with E-state index in [1.807, 2.05) is 12.3 Å². The number of aromatic nitrogens is 1. The maximum atomic E-state index is 5.60. The van der Waals surface area contributed by atoms with Crippen molar-refractivity contribution < 1.29 is 4.42 Å². The maximum absolute atomic E-state index is 5.60. The minimum Gasteiger partial charge on any atom is -0.459 e. The molecule has 0 atom stereocenters. The van der Waals surface area contributed by atoms with Crippen LogP contribution in [-0.2, 0) is 6.42 Å². The summed E-state index contributed by atoms with van der Waals surface area (Å²) in [6, 6.07) is 4.02. The number of H-pyrrole nitrogens is 1. The molecule has 0 aliphatic rings. The lowest BCUT2D eigenvalue weighted by molar-refractivity contribution is 0.395. The Balaban J connectivity index is 2.11. The van der Waals surface area contributed by atoms with Crippen molar-refractivity contribution >= 4 is 11.1 Å². The molecule has 2 aromatic rings. The minimum atomic E-state index is 0.953. The van der Waals surface area contributed by atoms with E-state index >= 15 is 0 Å². The largest absolute Gasteiger partial charge is 0.459 e. The van der Waals surface area contributed by atoms with Crippen LogP contribution in [0.5, 0.6) is 0 Å². The second-order valence-corrected chi connectivity index (χ2v) is 3.52. The molecule has 1 N–H and O–H groups in total. The van der Waals surface area contributed by atoms with E-state index in [1.165, 1.54) is 0 Å². The topological polar surface area (TPSA) is 32.2 Å². The van der Waals surface area contributed by atoms with Crippen molar-refractivity contribution in [2.75, 3.05) is 20.6 Å². The third-order valence-corrected chi connectivity index (χ3v) is 2.09. The third kappa shape index (κ3) is 1.75. The molecule has 0 saturated heterocycles. The summed E-state index contributed by atoms with van der Waals surface area (Å²) < 4.78 is 5.60. The summed E-state index contributed by atoms with van der Waals surface area (Å²) in [6.45, 7) is 1.02. The number of nitrogens with zero attached hydrogens (tertiary/aromatic N) is 1. The summed E-state index contributed by atoms with van der Waals surface area (Å²) in [5.41, 5.74) is 2.04. The van der Waals surface area contributed by atoms with Crippen molar-refractivity contribution in [1.82, 2.24) is 9.88 Å². The second kappa shape index (κ2) is 3.26. The Hall–Kier alpha value is -1.22. The first-order valence-corrected chi connectivity index (χ1v) is 4.46. The van der Waals surface area contributed by atoms with Crippen LogP contribution < -0.4 is 0 Å². The van der Waals surface area contributed by atoms with Gasteiger partial charge in [0.25, 0.3) is 0 Å². The van der Waals surface area contributed by atoms with E-state index in [9.17, 15) is 0 Å². The monoisotopic (exact) mass is 178 g/mol. The van der Waals surface area contributed by atoms with Gasteiger partial charge in [-0.15, -0.1) is 0 Å². The summed E-state index contributed by atoms with van der Waals surface area (Å²) in [5, 5.41) is 0. The number of fused-ring (bicyclic) bond motifs is 1. The molecule has 0 radical (unpaired) electrons. The number of rotatable bonds is 3. The highest BCUT2D eigenvalue weighted by Crippen LogP contribution is 2.17. The first-order valence-electron chi connectivity index (χ1n) is 4.46. The highest BCUT2D eigenvalue weighted by Gasteiger charge is 2.03. The zero-order chi connectivity index (χ0) is 9.26. The highest BCUT2D eigenvalue weighted by molar-refractivity contribution is 5.73. The van der Waals surface area contributed by atoms with Gasteiger partial charge in [-0.1, -0.05) is 0 Å². The fraction of sp³-hybridized carbons (Fsp3) is 0.400. The van der Waals surface area contributed by atoms with E-state index in [0.717, 1.165) is 29.8 Å². The van der Waals surface area contributed by atoms with Crippen LogP contribution in [0.1, 0.15) is 5.76 Å². The van der Waals surface area contributed by atoms with Gasteiger partial charge in [0.1, 0.15) is 5.76 Å². The normalized spacial score (nSPS) is 11.6. The number of hydrogen-bond donors (Lipinski definition) is 1. The van der Waals surface area contributed by atoms with Crippen LogP contribution >= 0.6 is 0 Å². The van der Waals surface area contributed by atoms with Crippen molar-refractivity contribution in [1.29, 1.82) is 0 Å². The zero-order valence-corrected chi connectivity index (χ0v) is 8.00.